The molecule has 1 aromatic heterocycles. The van der Waals surface area contributed by atoms with Crippen LogP contribution in [0.2, 0.25) is 0 Å². The number of nitro benzene ring substituents is 1. The molecule has 2 N–H and O–H groups in total. The summed E-state index contributed by atoms with van der Waals surface area (Å²) in [7, 11) is -4.47. The van der Waals surface area contributed by atoms with Gasteiger partial charge in [-0.3, -0.25) is 14.9 Å². The SMILES string of the molecule is CCCCc1nc(C(F)(F)F)c(C(=O)O)n1Cc1ccc(-c2ccccc2S(=O)(=O)NC(=O)c2cccc([N+](=O)[O-])c2)cc1. The number of carboxylic acids is 1. The lowest BCUT2D eigenvalue weighted by molar-refractivity contribution is -0.384. The molecule has 0 saturated carbocycles. The number of imidazole rings is 1. The molecule has 0 aliphatic carbocycles. The largest absolute Gasteiger partial charge is 0.477 e. The lowest BCUT2D eigenvalue weighted by Crippen LogP contribution is -2.31. The highest BCUT2D eigenvalue weighted by Gasteiger charge is 2.41. The van der Waals surface area contributed by atoms with Crippen LogP contribution in [-0.2, 0) is 29.2 Å². The van der Waals surface area contributed by atoms with Gasteiger partial charge >= 0.3 is 12.1 Å². The summed E-state index contributed by atoms with van der Waals surface area (Å²) in [4.78, 5) is 38.2. The molecule has 1 heterocycles. The van der Waals surface area contributed by atoms with E-state index < -0.39 is 50.1 Å². The number of hydrogen-bond donors (Lipinski definition) is 2. The number of carbonyl (C=O) groups excluding carboxylic acids is 1. The van der Waals surface area contributed by atoms with Crippen LogP contribution in [-0.4, -0.2) is 39.9 Å². The fourth-order valence-corrected chi connectivity index (χ4v) is 5.72. The maximum atomic E-state index is 13.6. The average Bonchev–Trinajstić information content (AvgIpc) is 3.35. The van der Waals surface area contributed by atoms with Crippen LogP contribution in [0.5, 0.6) is 0 Å². The monoisotopic (exact) mass is 630 g/mol. The third-order valence-corrected chi connectivity index (χ3v) is 7.99. The van der Waals surface area contributed by atoms with Crippen molar-refractivity contribution >= 4 is 27.6 Å². The van der Waals surface area contributed by atoms with Crippen molar-refractivity contribution < 1.29 is 41.2 Å². The van der Waals surface area contributed by atoms with Gasteiger partial charge in [0.2, 0.25) is 0 Å². The van der Waals surface area contributed by atoms with Crippen LogP contribution in [0.25, 0.3) is 11.1 Å². The van der Waals surface area contributed by atoms with Crippen molar-refractivity contribution in [1.29, 1.82) is 0 Å². The number of aromatic nitrogens is 2. The molecule has 0 saturated heterocycles. The number of aryl methyl sites for hydroxylation is 1. The number of rotatable bonds is 11. The average molecular weight is 631 g/mol. The van der Waals surface area contributed by atoms with Crippen LogP contribution in [0.3, 0.4) is 0 Å². The van der Waals surface area contributed by atoms with Crippen molar-refractivity contribution in [3.8, 4) is 11.1 Å². The summed E-state index contributed by atoms with van der Waals surface area (Å²) in [5.74, 6) is -2.86. The van der Waals surface area contributed by atoms with Gasteiger partial charge in [0.25, 0.3) is 21.6 Å². The Labute approximate surface area is 249 Å². The lowest BCUT2D eigenvalue weighted by Gasteiger charge is -2.14. The topological polar surface area (TPSA) is 162 Å². The molecule has 15 heteroatoms. The predicted octanol–water partition coefficient (Wildman–Crippen LogP) is 5.68. The molecule has 0 unspecified atom stereocenters. The zero-order chi connectivity index (χ0) is 32.2. The number of non-ortho nitro benzene ring substituents is 1. The molecule has 230 valence electrons. The van der Waals surface area contributed by atoms with E-state index in [2.05, 4.69) is 4.98 Å². The summed E-state index contributed by atoms with van der Waals surface area (Å²) in [6.45, 7) is 1.61. The Morgan fingerprint density at radius 1 is 1.05 bits per heavy atom. The summed E-state index contributed by atoms with van der Waals surface area (Å²) in [5.41, 5.74) is -2.08. The number of halogens is 3. The van der Waals surface area contributed by atoms with Crippen molar-refractivity contribution in [2.75, 3.05) is 0 Å². The first-order valence-electron chi connectivity index (χ1n) is 13.1. The van der Waals surface area contributed by atoms with E-state index in [1.54, 1.807) is 6.07 Å². The Morgan fingerprint density at radius 2 is 1.73 bits per heavy atom. The normalized spacial score (nSPS) is 11.7. The lowest BCUT2D eigenvalue weighted by atomic mass is 10.0. The molecule has 0 spiro atoms. The molecule has 4 aromatic rings. The van der Waals surface area contributed by atoms with E-state index in [4.69, 9.17) is 0 Å². The van der Waals surface area contributed by atoms with Gasteiger partial charge in [-0.15, -0.1) is 0 Å². The molecule has 0 bridgehead atoms. The van der Waals surface area contributed by atoms with Gasteiger partial charge < -0.3 is 9.67 Å². The minimum Gasteiger partial charge on any atom is -0.477 e. The Balaban J connectivity index is 1.65. The van der Waals surface area contributed by atoms with E-state index in [-0.39, 0.29) is 34.8 Å². The zero-order valence-corrected chi connectivity index (χ0v) is 23.9. The van der Waals surface area contributed by atoms with Gasteiger partial charge in [-0.25, -0.2) is 22.9 Å². The second-order valence-corrected chi connectivity index (χ2v) is 11.3. The summed E-state index contributed by atoms with van der Waals surface area (Å²) in [5, 5.41) is 20.7. The Morgan fingerprint density at radius 3 is 2.34 bits per heavy atom. The molecule has 44 heavy (non-hydrogen) atoms. The van der Waals surface area contributed by atoms with Crippen molar-refractivity contribution in [3.05, 3.63) is 111 Å². The Bertz CT molecular complexity index is 1840. The molecule has 0 aliphatic rings. The molecule has 0 atom stereocenters. The number of benzene rings is 3. The number of sulfonamides is 1. The molecular weight excluding hydrogens is 605 g/mol. The number of alkyl halides is 3. The van der Waals surface area contributed by atoms with Crippen LogP contribution >= 0.6 is 0 Å². The minimum atomic E-state index is -4.97. The first kappa shape index (κ1) is 31.9. The number of aromatic carboxylic acids is 1. The first-order valence-corrected chi connectivity index (χ1v) is 14.6. The van der Waals surface area contributed by atoms with Gasteiger partial charge in [-0.2, -0.15) is 13.2 Å². The highest BCUT2D eigenvalue weighted by molar-refractivity contribution is 7.90. The summed E-state index contributed by atoms with van der Waals surface area (Å²) >= 11 is 0. The second-order valence-electron chi connectivity index (χ2n) is 9.65. The number of hydrogen-bond acceptors (Lipinski definition) is 7. The number of carboxylic acid groups (broad SMARTS) is 1. The standard InChI is InChI=1S/C29H25F3N4O7S/c1-2-3-11-24-33-26(29(30,31)32)25(28(38)39)35(24)17-18-12-14-19(15-13-18)22-9-4-5-10-23(22)44(42,43)34-27(37)20-7-6-8-21(16-20)36(40)41/h4-10,12-16H,2-3,11,17H2,1H3,(H,34,37)(H,38,39). The predicted molar refractivity (Wildman–Crippen MR) is 152 cm³/mol. The molecule has 3 aromatic carbocycles. The summed E-state index contributed by atoms with van der Waals surface area (Å²) in [6.07, 6.45) is -3.68. The summed E-state index contributed by atoms with van der Waals surface area (Å²) < 4.78 is 70.3. The van der Waals surface area contributed by atoms with Gasteiger partial charge in [-0.1, -0.05) is 61.9 Å². The van der Waals surface area contributed by atoms with Crippen LogP contribution in [0.15, 0.2) is 77.7 Å². The van der Waals surface area contributed by atoms with Crippen LogP contribution in [0, 0.1) is 10.1 Å². The second kappa shape index (κ2) is 12.7. The quantitative estimate of drug-likeness (QED) is 0.158. The van der Waals surface area contributed by atoms with E-state index in [1.165, 1.54) is 54.6 Å². The fraction of sp³-hybridized carbons (Fsp3) is 0.207. The van der Waals surface area contributed by atoms with Crippen LogP contribution in [0.4, 0.5) is 18.9 Å². The number of nitrogens with one attached hydrogen (secondary N) is 1. The van der Waals surface area contributed by atoms with E-state index in [1.807, 2.05) is 11.6 Å². The molecule has 0 aliphatic heterocycles. The zero-order valence-electron chi connectivity index (χ0n) is 23.0. The van der Waals surface area contributed by atoms with Gasteiger partial charge in [0.1, 0.15) is 5.82 Å². The van der Waals surface area contributed by atoms with Gasteiger partial charge in [0, 0.05) is 36.2 Å². The van der Waals surface area contributed by atoms with Crippen molar-refractivity contribution in [3.63, 3.8) is 0 Å². The van der Waals surface area contributed by atoms with E-state index in [0.29, 0.717) is 24.0 Å². The van der Waals surface area contributed by atoms with Crippen molar-refractivity contribution in [2.24, 2.45) is 0 Å². The summed E-state index contributed by atoms with van der Waals surface area (Å²) in [6, 6.07) is 16.4. The highest BCUT2D eigenvalue weighted by Crippen LogP contribution is 2.33. The van der Waals surface area contributed by atoms with E-state index in [9.17, 15) is 46.4 Å². The van der Waals surface area contributed by atoms with Crippen LogP contribution < -0.4 is 4.72 Å². The highest BCUT2D eigenvalue weighted by atomic mass is 32.2. The number of carbonyl (C=O) groups is 2. The molecule has 0 radical (unpaired) electrons. The van der Waals surface area contributed by atoms with Gasteiger partial charge in [0.15, 0.2) is 11.4 Å². The molecule has 4 rings (SSSR count). The smallest absolute Gasteiger partial charge is 0.435 e. The number of unbranched alkanes of at least 4 members (excludes halogenated alkanes) is 1. The third kappa shape index (κ3) is 6.94. The number of nitrogens with zero attached hydrogens (tertiary/aromatic N) is 3. The van der Waals surface area contributed by atoms with E-state index in [0.717, 1.165) is 16.7 Å². The van der Waals surface area contributed by atoms with Gasteiger partial charge in [0.05, 0.1) is 9.82 Å². The maximum absolute atomic E-state index is 13.6. The molecule has 0 fully saturated rings. The number of nitro groups is 1. The van der Waals surface area contributed by atoms with E-state index >= 15 is 0 Å². The molecule has 11 nitrogen and oxygen atoms in total. The molecule has 1 amide bonds. The Hall–Kier alpha value is -5.05. The van der Waals surface area contributed by atoms with Crippen molar-refractivity contribution in [1.82, 2.24) is 14.3 Å². The fourth-order valence-electron chi connectivity index (χ4n) is 4.52. The first-order chi connectivity index (χ1) is 20.7. The van der Waals surface area contributed by atoms with Crippen molar-refractivity contribution in [2.45, 2.75) is 43.8 Å². The minimum absolute atomic E-state index is 0.0171. The Kier molecular flexibility index (Phi) is 9.18. The molecular formula is C29H25F3N4O7S. The maximum Gasteiger partial charge on any atom is 0.435 e. The number of amides is 1. The van der Waals surface area contributed by atoms with Crippen LogP contribution in [0.1, 0.15) is 57.7 Å². The third-order valence-electron chi connectivity index (χ3n) is 6.60. The van der Waals surface area contributed by atoms with Gasteiger partial charge in [-0.05, 0) is 29.7 Å².